The Morgan fingerprint density at radius 2 is 2.07 bits per heavy atom. The van der Waals surface area contributed by atoms with Crippen molar-refractivity contribution in [3.63, 3.8) is 0 Å². The number of benzene rings is 1. The lowest BCUT2D eigenvalue weighted by Crippen LogP contribution is -2.47. The minimum atomic E-state index is 0. The molecule has 0 radical (unpaired) electrons. The maximum absolute atomic E-state index is 12.5. The molecular weight excluding hydrogens is 366 g/mol. The summed E-state index contributed by atoms with van der Waals surface area (Å²) >= 11 is 0. The highest BCUT2D eigenvalue weighted by Gasteiger charge is 2.22. The Hall–Kier alpha value is -2.05. The van der Waals surface area contributed by atoms with Crippen molar-refractivity contribution in [2.45, 2.75) is 45.8 Å². The van der Waals surface area contributed by atoms with Gasteiger partial charge in [-0.2, -0.15) is 0 Å². The molecule has 1 aromatic carbocycles. The predicted octanol–water partition coefficient (Wildman–Crippen LogP) is 3.05. The first-order valence-electron chi connectivity index (χ1n) is 9.15. The zero-order chi connectivity index (χ0) is 18.5. The molecule has 1 fully saturated rings. The van der Waals surface area contributed by atoms with Gasteiger partial charge in [0.05, 0.1) is 17.7 Å². The van der Waals surface area contributed by atoms with Gasteiger partial charge in [0.15, 0.2) is 0 Å². The van der Waals surface area contributed by atoms with E-state index >= 15 is 0 Å². The highest BCUT2D eigenvalue weighted by atomic mass is 35.5. The minimum absolute atomic E-state index is 0. The molecule has 0 spiro atoms. The molecule has 2 aromatic rings. The van der Waals surface area contributed by atoms with Crippen LogP contribution >= 0.6 is 12.4 Å². The summed E-state index contributed by atoms with van der Waals surface area (Å²) < 4.78 is 11.0. The molecule has 1 unspecified atom stereocenters. The van der Waals surface area contributed by atoms with Gasteiger partial charge in [0.2, 0.25) is 5.91 Å². The molecule has 1 N–H and O–H groups in total. The van der Waals surface area contributed by atoms with Crippen LogP contribution in [-0.2, 0) is 17.8 Å². The van der Waals surface area contributed by atoms with Crippen LogP contribution in [0.1, 0.15) is 35.4 Å². The van der Waals surface area contributed by atoms with E-state index in [4.69, 9.17) is 9.26 Å². The summed E-state index contributed by atoms with van der Waals surface area (Å²) in [7, 11) is 1.96. The lowest BCUT2D eigenvalue weighted by Gasteiger charge is -2.32. The second-order valence-electron chi connectivity index (χ2n) is 6.88. The molecular formula is C20H28ClN3O3. The molecule has 1 aliphatic heterocycles. The molecule has 27 heavy (non-hydrogen) atoms. The summed E-state index contributed by atoms with van der Waals surface area (Å²) in [6, 6.07) is 8.15. The van der Waals surface area contributed by atoms with Crippen LogP contribution in [0.2, 0.25) is 0 Å². The normalized spacial score (nSPS) is 16.7. The third kappa shape index (κ3) is 5.47. The van der Waals surface area contributed by atoms with Gasteiger partial charge >= 0.3 is 0 Å². The Morgan fingerprint density at radius 3 is 2.70 bits per heavy atom. The van der Waals surface area contributed by atoms with Gasteiger partial charge < -0.3 is 19.5 Å². The van der Waals surface area contributed by atoms with Crippen molar-refractivity contribution in [2.24, 2.45) is 0 Å². The number of aromatic nitrogens is 1. The number of amides is 1. The van der Waals surface area contributed by atoms with Crippen molar-refractivity contribution in [1.29, 1.82) is 0 Å². The van der Waals surface area contributed by atoms with E-state index in [-0.39, 0.29) is 18.3 Å². The monoisotopic (exact) mass is 393 g/mol. The van der Waals surface area contributed by atoms with Crippen molar-refractivity contribution in [2.75, 3.05) is 20.1 Å². The number of nitrogens with zero attached hydrogens (tertiary/aromatic N) is 2. The topological polar surface area (TPSA) is 67.6 Å². The Kier molecular flexibility index (Phi) is 7.68. The van der Waals surface area contributed by atoms with E-state index in [2.05, 4.69) is 10.5 Å². The molecule has 148 valence electrons. The molecule has 1 saturated heterocycles. The average Bonchev–Trinajstić information content (AvgIpc) is 2.99. The summed E-state index contributed by atoms with van der Waals surface area (Å²) in [6.07, 6.45) is 2.63. The van der Waals surface area contributed by atoms with E-state index in [0.717, 1.165) is 54.3 Å². The third-order valence-corrected chi connectivity index (χ3v) is 5.03. The summed E-state index contributed by atoms with van der Waals surface area (Å²) in [6.45, 7) is 5.87. The van der Waals surface area contributed by atoms with E-state index in [1.165, 1.54) is 0 Å². The highest BCUT2D eigenvalue weighted by Crippen LogP contribution is 2.19. The fourth-order valence-corrected chi connectivity index (χ4v) is 3.29. The lowest BCUT2D eigenvalue weighted by atomic mass is 10.0. The van der Waals surface area contributed by atoms with Gasteiger partial charge in [-0.05, 0) is 51.4 Å². The number of likely N-dealkylation sites (tertiary alicyclic amines) is 1. The fraction of sp³-hybridized carbons (Fsp3) is 0.500. The number of carbonyl (C=O) groups is 1. The largest absolute Gasteiger partial charge is 0.489 e. The number of piperidine rings is 1. The molecule has 2 heterocycles. The highest BCUT2D eigenvalue weighted by molar-refractivity contribution is 5.85. The Labute approximate surface area is 166 Å². The van der Waals surface area contributed by atoms with Crippen LogP contribution < -0.4 is 10.1 Å². The van der Waals surface area contributed by atoms with Crippen LogP contribution in [0.5, 0.6) is 5.75 Å². The Morgan fingerprint density at radius 1 is 1.33 bits per heavy atom. The summed E-state index contributed by atoms with van der Waals surface area (Å²) in [5.74, 6) is 1.75. The van der Waals surface area contributed by atoms with Gasteiger partial charge in [-0.1, -0.05) is 17.3 Å². The van der Waals surface area contributed by atoms with Crippen molar-refractivity contribution >= 4 is 18.3 Å². The number of hydrogen-bond donors (Lipinski definition) is 1. The van der Waals surface area contributed by atoms with Crippen molar-refractivity contribution in [1.82, 2.24) is 15.4 Å². The zero-order valence-corrected chi connectivity index (χ0v) is 17.0. The molecule has 0 aliphatic carbocycles. The molecule has 0 saturated carbocycles. The van der Waals surface area contributed by atoms with E-state index < -0.39 is 0 Å². The van der Waals surface area contributed by atoms with E-state index in [1.54, 1.807) is 0 Å². The maximum Gasteiger partial charge on any atom is 0.227 e. The number of carbonyl (C=O) groups excluding carboxylic acids is 1. The van der Waals surface area contributed by atoms with Crippen molar-refractivity contribution < 1.29 is 14.1 Å². The summed E-state index contributed by atoms with van der Waals surface area (Å²) in [4.78, 5) is 14.5. The number of ether oxygens (including phenoxy) is 1. The minimum Gasteiger partial charge on any atom is -0.489 e. The first kappa shape index (κ1) is 21.3. The number of rotatable bonds is 6. The Balaban J connectivity index is 0.00000261. The van der Waals surface area contributed by atoms with E-state index in [0.29, 0.717) is 19.1 Å². The van der Waals surface area contributed by atoms with Gasteiger partial charge in [-0.15, -0.1) is 12.4 Å². The number of hydrogen-bond acceptors (Lipinski definition) is 5. The number of nitrogens with one attached hydrogen (secondary N) is 1. The zero-order valence-electron chi connectivity index (χ0n) is 16.2. The smallest absolute Gasteiger partial charge is 0.227 e. The number of aryl methyl sites for hydroxylation is 2. The summed E-state index contributed by atoms with van der Waals surface area (Å²) in [5, 5.41) is 7.20. The fourth-order valence-electron chi connectivity index (χ4n) is 3.29. The van der Waals surface area contributed by atoms with Crippen molar-refractivity contribution in [3.8, 4) is 5.75 Å². The van der Waals surface area contributed by atoms with E-state index in [9.17, 15) is 4.79 Å². The molecule has 1 aromatic heterocycles. The van der Waals surface area contributed by atoms with Crippen LogP contribution in [-0.4, -0.2) is 42.1 Å². The number of halogens is 1. The molecule has 3 rings (SSSR count). The lowest BCUT2D eigenvalue weighted by molar-refractivity contribution is -0.131. The van der Waals surface area contributed by atoms with Gasteiger partial charge in [0.25, 0.3) is 0 Å². The first-order chi connectivity index (χ1) is 12.6. The molecule has 7 heteroatoms. The van der Waals surface area contributed by atoms with Gasteiger partial charge in [0, 0.05) is 19.1 Å². The van der Waals surface area contributed by atoms with Gasteiger partial charge in [-0.25, -0.2) is 0 Å². The molecule has 1 amide bonds. The second kappa shape index (κ2) is 9.76. The quantitative estimate of drug-likeness (QED) is 0.816. The molecule has 0 bridgehead atoms. The average molecular weight is 394 g/mol. The second-order valence-corrected chi connectivity index (χ2v) is 6.88. The summed E-state index contributed by atoms with van der Waals surface area (Å²) in [5.41, 5.74) is 2.84. The maximum atomic E-state index is 12.5. The van der Waals surface area contributed by atoms with Gasteiger partial charge in [-0.3, -0.25) is 4.79 Å². The predicted molar refractivity (Wildman–Crippen MR) is 106 cm³/mol. The van der Waals surface area contributed by atoms with Crippen molar-refractivity contribution in [3.05, 3.63) is 46.8 Å². The molecule has 6 nitrogen and oxygen atoms in total. The van der Waals surface area contributed by atoms with Crippen LogP contribution in [0.4, 0.5) is 0 Å². The third-order valence-electron chi connectivity index (χ3n) is 5.03. The van der Waals surface area contributed by atoms with Crippen LogP contribution in [0, 0.1) is 13.8 Å². The SMILES string of the molecule is CNC1CCCN(C(=O)Cc2ccc(OCc3c(C)noc3C)cc2)C1.Cl. The first-order valence-corrected chi connectivity index (χ1v) is 9.15. The van der Waals surface area contributed by atoms with E-state index in [1.807, 2.05) is 50.1 Å². The standard InChI is InChI=1S/C20H27N3O3.ClH/c1-14-19(15(2)26-22-14)13-25-18-8-6-16(7-9-18)11-20(24)23-10-4-5-17(12-23)21-3;/h6-9,17,21H,4-5,10-13H2,1-3H3;1H. The molecule has 1 aliphatic rings. The Bertz CT molecular complexity index is 726. The van der Waals surface area contributed by atoms with Gasteiger partial charge in [0.1, 0.15) is 18.1 Å². The number of likely N-dealkylation sites (N-methyl/N-ethyl adjacent to an activating group) is 1. The van der Waals surface area contributed by atoms with Crippen LogP contribution in [0.25, 0.3) is 0 Å². The van der Waals surface area contributed by atoms with Crippen LogP contribution in [0.15, 0.2) is 28.8 Å². The van der Waals surface area contributed by atoms with Crippen LogP contribution in [0.3, 0.4) is 0 Å². The molecule has 1 atom stereocenters.